The van der Waals surface area contributed by atoms with Gasteiger partial charge in [0.1, 0.15) is 0 Å². The third-order valence-electron chi connectivity index (χ3n) is 6.39. The van der Waals surface area contributed by atoms with E-state index >= 15 is 0 Å². The summed E-state index contributed by atoms with van der Waals surface area (Å²) >= 11 is 3.08. The van der Waals surface area contributed by atoms with Crippen molar-refractivity contribution in [3.63, 3.8) is 0 Å². The molecule has 1 aliphatic carbocycles. The Bertz CT molecular complexity index is 1030. The lowest BCUT2D eigenvalue weighted by Gasteiger charge is -2.40. The molecule has 208 valence electrons. The topological polar surface area (TPSA) is 69.6 Å². The Morgan fingerprint density at radius 1 is 0.730 bits per heavy atom. The van der Waals surface area contributed by atoms with Crippen molar-refractivity contribution in [2.75, 3.05) is 0 Å². The predicted octanol–water partition coefficient (Wildman–Crippen LogP) is 8.63. The maximum atomic E-state index is 13.5. The second kappa shape index (κ2) is 10.1. The molecule has 0 heterocycles. The van der Waals surface area contributed by atoms with Gasteiger partial charge in [0.05, 0.1) is 4.08 Å². The number of benzene rings is 1. The average Bonchev–Trinajstić information content (AvgIpc) is 2.66. The summed E-state index contributed by atoms with van der Waals surface area (Å²) in [7, 11) is 0. The molecule has 0 aliphatic heterocycles. The van der Waals surface area contributed by atoms with Gasteiger partial charge in [0, 0.05) is 16.0 Å². The molecule has 0 bridgehead atoms. The second-order valence-electron chi connectivity index (χ2n) is 14.7. The zero-order valence-corrected chi connectivity index (χ0v) is 26.9. The number of allylic oxidation sites excluding steroid dienone is 2. The Kier molecular flexibility index (Phi) is 8.71. The SMILES string of the molecule is CC(C)(Sc1cc(C(C)(C)C)c([O-])c(C(C)(C)C)c1)SC1(OO)C=C(C(C)(C)C)C(=O)C(C(C)(C)C)=C1. The average molecular weight is 548 g/mol. The summed E-state index contributed by atoms with van der Waals surface area (Å²) in [5.41, 5.74) is 1.42. The van der Waals surface area contributed by atoms with E-state index in [0.717, 1.165) is 16.0 Å². The summed E-state index contributed by atoms with van der Waals surface area (Å²) in [6, 6.07) is 4.02. The third-order valence-corrected chi connectivity index (χ3v) is 8.97. The second-order valence-corrected chi connectivity index (χ2v) is 18.5. The van der Waals surface area contributed by atoms with Gasteiger partial charge in [-0.2, -0.15) is 0 Å². The highest BCUT2D eigenvalue weighted by molar-refractivity contribution is 8.18. The minimum atomic E-state index is -1.23. The summed E-state index contributed by atoms with van der Waals surface area (Å²) in [6.45, 7) is 28.6. The molecule has 0 aromatic heterocycles. The standard InChI is InChI=1S/C31H48O4S2/c1-26(2,3)20-15-19(16-21(24(20)32)27(4,5)6)36-30(13,14)37-31(35-34)17-22(28(7,8)9)25(33)23(18-31)29(10,11)12/h15-18,32,34H,1-14H3/p-1. The third kappa shape index (κ3) is 7.46. The fourth-order valence-electron chi connectivity index (χ4n) is 4.43. The van der Waals surface area contributed by atoms with Crippen molar-refractivity contribution in [2.24, 2.45) is 10.8 Å². The van der Waals surface area contributed by atoms with Crippen LogP contribution >= 0.6 is 23.5 Å². The molecule has 0 unspecified atom stereocenters. The van der Waals surface area contributed by atoms with Crippen LogP contribution in [0.3, 0.4) is 0 Å². The molecule has 1 aliphatic rings. The fourth-order valence-corrected chi connectivity index (χ4v) is 7.36. The van der Waals surface area contributed by atoms with E-state index < -0.39 is 19.8 Å². The van der Waals surface area contributed by atoms with Gasteiger partial charge in [-0.15, -0.1) is 17.5 Å². The normalized spacial score (nSPS) is 17.5. The number of hydrogen-bond acceptors (Lipinski definition) is 6. The van der Waals surface area contributed by atoms with Crippen LogP contribution in [0, 0.1) is 10.8 Å². The van der Waals surface area contributed by atoms with Crippen LogP contribution < -0.4 is 5.11 Å². The molecular weight excluding hydrogens is 500 g/mol. The van der Waals surface area contributed by atoms with Gasteiger partial charge in [0.2, 0.25) is 0 Å². The Labute approximate surface area is 233 Å². The van der Waals surface area contributed by atoms with Crippen molar-refractivity contribution in [1.82, 2.24) is 0 Å². The van der Waals surface area contributed by atoms with E-state index in [-0.39, 0.29) is 22.4 Å². The van der Waals surface area contributed by atoms with Gasteiger partial charge in [-0.25, -0.2) is 10.1 Å². The first-order valence-electron chi connectivity index (χ1n) is 12.9. The molecule has 0 saturated heterocycles. The summed E-state index contributed by atoms with van der Waals surface area (Å²) in [4.78, 5) is 18.4. The molecule has 0 amide bonds. The molecule has 1 aromatic rings. The first-order valence-corrected chi connectivity index (χ1v) is 14.6. The maximum Gasteiger partial charge on any atom is 0.188 e. The van der Waals surface area contributed by atoms with Crippen molar-refractivity contribution in [3.8, 4) is 5.75 Å². The van der Waals surface area contributed by atoms with Crippen LogP contribution in [0.15, 0.2) is 40.3 Å². The first kappa shape index (κ1) is 32.0. The highest BCUT2D eigenvalue weighted by atomic mass is 32.2. The molecule has 0 saturated carbocycles. The molecule has 2 rings (SSSR count). The van der Waals surface area contributed by atoms with Gasteiger partial charge in [0.25, 0.3) is 0 Å². The highest BCUT2D eigenvalue weighted by Gasteiger charge is 2.45. The Balaban J connectivity index is 2.63. The number of Topliss-reactive ketones (excluding diaryl/α,β-unsaturated/α-hetero) is 1. The first-order chi connectivity index (χ1) is 16.3. The van der Waals surface area contributed by atoms with E-state index in [2.05, 4.69) is 55.4 Å². The molecule has 0 spiro atoms. The fraction of sp³-hybridized carbons (Fsp3) is 0.645. The van der Waals surface area contributed by atoms with E-state index in [9.17, 15) is 15.2 Å². The number of ketones is 1. The van der Waals surface area contributed by atoms with Gasteiger partial charge in [-0.1, -0.05) is 94.8 Å². The van der Waals surface area contributed by atoms with Crippen LogP contribution in [0.25, 0.3) is 0 Å². The van der Waals surface area contributed by atoms with E-state index in [1.54, 1.807) is 23.9 Å². The van der Waals surface area contributed by atoms with Crippen molar-refractivity contribution in [3.05, 3.63) is 46.6 Å². The Hall–Kier alpha value is -1.21. The minimum Gasteiger partial charge on any atom is -0.872 e. The number of thioether (sulfide) groups is 2. The molecule has 0 fully saturated rings. The van der Waals surface area contributed by atoms with Gasteiger partial charge in [0.15, 0.2) is 10.7 Å². The number of rotatable bonds is 5. The Morgan fingerprint density at radius 2 is 1.11 bits per heavy atom. The smallest absolute Gasteiger partial charge is 0.188 e. The van der Waals surface area contributed by atoms with Gasteiger partial charge < -0.3 is 5.11 Å². The van der Waals surface area contributed by atoms with E-state index in [1.165, 1.54) is 11.8 Å². The number of carbonyl (C=O) groups excluding carboxylic acids is 1. The molecular formula is C31H47O4S2-. The summed E-state index contributed by atoms with van der Waals surface area (Å²) in [5, 5.41) is 23.7. The van der Waals surface area contributed by atoms with Crippen molar-refractivity contribution in [2.45, 2.75) is 122 Å². The van der Waals surface area contributed by atoms with Gasteiger partial charge in [-0.3, -0.25) is 4.79 Å². The molecule has 0 atom stereocenters. The summed E-state index contributed by atoms with van der Waals surface area (Å²) in [5.74, 6) is 0.0978. The van der Waals surface area contributed by atoms with Crippen molar-refractivity contribution < 1.29 is 20.0 Å². The molecule has 4 nitrogen and oxygen atoms in total. The molecule has 0 radical (unpaired) electrons. The largest absolute Gasteiger partial charge is 0.872 e. The monoisotopic (exact) mass is 547 g/mol. The van der Waals surface area contributed by atoms with Crippen LogP contribution in [-0.4, -0.2) is 20.1 Å². The number of carbonyl (C=O) groups is 1. The molecule has 6 heteroatoms. The van der Waals surface area contributed by atoms with Crippen molar-refractivity contribution >= 4 is 29.3 Å². The van der Waals surface area contributed by atoms with Crippen LogP contribution in [0.2, 0.25) is 0 Å². The van der Waals surface area contributed by atoms with Crippen LogP contribution in [-0.2, 0) is 20.5 Å². The maximum absolute atomic E-state index is 13.5. The lowest BCUT2D eigenvalue weighted by atomic mass is 9.72. The quantitative estimate of drug-likeness (QED) is 0.172. The summed E-state index contributed by atoms with van der Waals surface area (Å²) < 4.78 is -0.489. The van der Waals surface area contributed by atoms with E-state index in [1.807, 2.05) is 53.7 Å². The lowest BCUT2D eigenvalue weighted by molar-refractivity contribution is -0.271. The van der Waals surface area contributed by atoms with Crippen LogP contribution in [0.5, 0.6) is 5.75 Å². The van der Waals surface area contributed by atoms with Crippen LogP contribution in [0.1, 0.15) is 108 Å². The van der Waals surface area contributed by atoms with Crippen molar-refractivity contribution in [1.29, 1.82) is 0 Å². The predicted molar refractivity (Wildman–Crippen MR) is 157 cm³/mol. The zero-order valence-electron chi connectivity index (χ0n) is 25.3. The summed E-state index contributed by atoms with van der Waals surface area (Å²) in [6.07, 6.45) is 3.55. The van der Waals surface area contributed by atoms with E-state index in [0.29, 0.717) is 11.1 Å². The molecule has 37 heavy (non-hydrogen) atoms. The number of hydrogen-bond donors (Lipinski definition) is 1. The molecule has 1 N–H and O–H groups in total. The Morgan fingerprint density at radius 3 is 1.41 bits per heavy atom. The highest BCUT2D eigenvalue weighted by Crippen LogP contribution is 2.53. The van der Waals surface area contributed by atoms with Gasteiger partial charge >= 0.3 is 0 Å². The van der Waals surface area contributed by atoms with Gasteiger partial charge in [-0.05, 0) is 70.9 Å². The lowest BCUT2D eigenvalue weighted by Crippen LogP contribution is -2.38. The molecule has 1 aromatic carbocycles. The van der Waals surface area contributed by atoms with Crippen LogP contribution in [0.4, 0.5) is 0 Å². The zero-order chi connectivity index (χ0) is 29.0. The minimum absolute atomic E-state index is 0.00518. The van der Waals surface area contributed by atoms with E-state index in [4.69, 9.17) is 4.89 Å².